The van der Waals surface area contributed by atoms with Crippen molar-refractivity contribution in [3.05, 3.63) is 34.3 Å². The average molecular weight is 293 g/mol. The Balaban J connectivity index is 1.87. The normalized spacial score (nSPS) is 26.2. The van der Waals surface area contributed by atoms with E-state index >= 15 is 0 Å². The Hall–Kier alpha value is -0.570. The van der Waals surface area contributed by atoms with Crippen molar-refractivity contribution >= 4 is 11.6 Å². The molecule has 0 aromatic heterocycles. The first-order valence-electron chi connectivity index (χ1n) is 7.83. The molecule has 2 nitrogen and oxygen atoms in total. The second-order valence-electron chi connectivity index (χ2n) is 6.68. The summed E-state index contributed by atoms with van der Waals surface area (Å²) in [4.78, 5) is 2.38. The van der Waals surface area contributed by atoms with Crippen LogP contribution in [0.5, 0.6) is 0 Å². The largest absolute Gasteiger partial charge is 0.330 e. The Morgan fingerprint density at radius 3 is 2.65 bits per heavy atom. The van der Waals surface area contributed by atoms with Crippen LogP contribution in [0.2, 0.25) is 5.02 Å². The molecule has 2 N–H and O–H groups in total. The molecule has 20 heavy (non-hydrogen) atoms. The third-order valence-electron chi connectivity index (χ3n) is 5.40. The van der Waals surface area contributed by atoms with E-state index in [0.717, 1.165) is 18.1 Å². The summed E-state index contributed by atoms with van der Waals surface area (Å²) in [6.45, 7) is 3.05. The SMILES string of the molecule is CN1CCC(c2ccc(C3(CN)CCCC3)cc2Cl)C1. The van der Waals surface area contributed by atoms with Gasteiger partial charge >= 0.3 is 0 Å². The van der Waals surface area contributed by atoms with Crippen molar-refractivity contribution in [2.75, 3.05) is 26.7 Å². The molecular weight excluding hydrogens is 268 g/mol. The van der Waals surface area contributed by atoms with Crippen molar-refractivity contribution in [3.8, 4) is 0 Å². The third-order valence-corrected chi connectivity index (χ3v) is 5.72. The highest BCUT2D eigenvalue weighted by atomic mass is 35.5. The van der Waals surface area contributed by atoms with E-state index in [9.17, 15) is 0 Å². The second-order valence-corrected chi connectivity index (χ2v) is 7.08. The molecule has 1 aliphatic heterocycles. The number of hydrogen-bond acceptors (Lipinski definition) is 2. The summed E-state index contributed by atoms with van der Waals surface area (Å²) in [5.74, 6) is 0.596. The summed E-state index contributed by atoms with van der Waals surface area (Å²) < 4.78 is 0. The lowest BCUT2D eigenvalue weighted by atomic mass is 9.78. The lowest BCUT2D eigenvalue weighted by molar-refractivity contribution is 0.411. The summed E-state index contributed by atoms with van der Waals surface area (Å²) in [5, 5.41) is 0.947. The molecule has 1 saturated heterocycles. The molecule has 110 valence electrons. The number of rotatable bonds is 3. The summed E-state index contributed by atoms with van der Waals surface area (Å²) in [6, 6.07) is 6.75. The number of likely N-dealkylation sites (N-methyl/N-ethyl adjacent to an activating group) is 1. The lowest BCUT2D eigenvalue weighted by Gasteiger charge is -2.28. The fraction of sp³-hybridized carbons (Fsp3) is 0.647. The quantitative estimate of drug-likeness (QED) is 0.923. The zero-order chi connectivity index (χ0) is 14.2. The fourth-order valence-corrected chi connectivity index (χ4v) is 4.37. The number of benzene rings is 1. The van der Waals surface area contributed by atoms with Gasteiger partial charge in [0, 0.05) is 23.5 Å². The number of halogens is 1. The van der Waals surface area contributed by atoms with Gasteiger partial charge in [0.15, 0.2) is 0 Å². The summed E-state index contributed by atoms with van der Waals surface area (Å²) in [6.07, 6.45) is 6.24. The van der Waals surface area contributed by atoms with Crippen molar-refractivity contribution in [1.29, 1.82) is 0 Å². The van der Waals surface area contributed by atoms with Gasteiger partial charge in [-0.25, -0.2) is 0 Å². The van der Waals surface area contributed by atoms with Crippen LogP contribution in [-0.2, 0) is 5.41 Å². The predicted octanol–water partition coefficient (Wildman–Crippen LogP) is 3.53. The maximum absolute atomic E-state index is 6.60. The zero-order valence-corrected chi connectivity index (χ0v) is 13.1. The molecule has 1 saturated carbocycles. The van der Waals surface area contributed by atoms with Crippen LogP contribution < -0.4 is 5.73 Å². The molecule has 1 atom stereocenters. The van der Waals surface area contributed by atoms with Crippen molar-refractivity contribution in [2.24, 2.45) is 5.73 Å². The number of hydrogen-bond donors (Lipinski definition) is 1. The van der Waals surface area contributed by atoms with Gasteiger partial charge < -0.3 is 10.6 Å². The summed E-state index contributed by atoms with van der Waals surface area (Å²) in [7, 11) is 2.18. The van der Waals surface area contributed by atoms with E-state index in [1.165, 1.54) is 49.8 Å². The monoisotopic (exact) mass is 292 g/mol. The first-order chi connectivity index (χ1) is 9.64. The van der Waals surface area contributed by atoms with E-state index in [1.54, 1.807) is 0 Å². The topological polar surface area (TPSA) is 29.3 Å². The Kier molecular flexibility index (Phi) is 4.07. The summed E-state index contributed by atoms with van der Waals surface area (Å²) >= 11 is 6.60. The molecule has 0 amide bonds. The van der Waals surface area contributed by atoms with Crippen molar-refractivity contribution in [1.82, 2.24) is 4.90 Å². The molecule has 1 heterocycles. The van der Waals surface area contributed by atoms with Gasteiger partial charge in [-0.15, -0.1) is 0 Å². The number of likely N-dealkylation sites (tertiary alicyclic amines) is 1. The van der Waals surface area contributed by atoms with Crippen molar-refractivity contribution < 1.29 is 0 Å². The Labute approximate surface area is 127 Å². The van der Waals surface area contributed by atoms with E-state index < -0.39 is 0 Å². The Bertz CT molecular complexity index is 480. The van der Waals surface area contributed by atoms with E-state index in [0.29, 0.717) is 5.92 Å². The van der Waals surface area contributed by atoms with Crippen molar-refractivity contribution in [3.63, 3.8) is 0 Å². The van der Waals surface area contributed by atoms with Crippen LogP contribution in [0.3, 0.4) is 0 Å². The lowest BCUT2D eigenvalue weighted by Crippen LogP contribution is -2.32. The van der Waals surface area contributed by atoms with Crippen LogP contribution in [0, 0.1) is 0 Å². The first kappa shape index (κ1) is 14.4. The number of nitrogens with two attached hydrogens (primary N) is 1. The maximum atomic E-state index is 6.60. The van der Waals surface area contributed by atoms with Crippen LogP contribution in [-0.4, -0.2) is 31.6 Å². The maximum Gasteiger partial charge on any atom is 0.0444 e. The molecule has 1 aromatic rings. The van der Waals surface area contributed by atoms with E-state index in [1.807, 2.05) is 0 Å². The minimum Gasteiger partial charge on any atom is -0.330 e. The highest BCUT2D eigenvalue weighted by Gasteiger charge is 2.35. The predicted molar refractivity (Wildman–Crippen MR) is 85.5 cm³/mol. The van der Waals surface area contributed by atoms with E-state index in [4.69, 9.17) is 17.3 Å². The average Bonchev–Trinajstić information content (AvgIpc) is 3.08. The molecule has 1 aliphatic carbocycles. The van der Waals surface area contributed by atoms with E-state index in [2.05, 4.69) is 30.1 Å². The number of nitrogens with zero attached hydrogens (tertiary/aromatic N) is 1. The molecule has 0 radical (unpaired) electrons. The van der Waals surface area contributed by atoms with Gasteiger partial charge in [-0.05, 0) is 56.0 Å². The highest BCUT2D eigenvalue weighted by Crippen LogP contribution is 2.42. The zero-order valence-electron chi connectivity index (χ0n) is 12.4. The van der Waals surface area contributed by atoms with Gasteiger partial charge in [-0.1, -0.05) is 36.6 Å². The fourth-order valence-electron chi connectivity index (χ4n) is 4.04. The molecular formula is C17H25ClN2. The third kappa shape index (κ3) is 2.49. The van der Waals surface area contributed by atoms with Gasteiger partial charge in [0.25, 0.3) is 0 Å². The first-order valence-corrected chi connectivity index (χ1v) is 8.21. The molecule has 2 fully saturated rings. The van der Waals surface area contributed by atoms with Crippen LogP contribution in [0.15, 0.2) is 18.2 Å². The molecule has 0 spiro atoms. The minimum atomic E-state index is 0.189. The Morgan fingerprint density at radius 1 is 1.35 bits per heavy atom. The van der Waals surface area contributed by atoms with Gasteiger partial charge in [-0.3, -0.25) is 0 Å². The van der Waals surface area contributed by atoms with Crippen LogP contribution in [0.25, 0.3) is 0 Å². The second kappa shape index (κ2) is 5.67. The van der Waals surface area contributed by atoms with Crippen LogP contribution in [0.1, 0.15) is 49.1 Å². The van der Waals surface area contributed by atoms with Gasteiger partial charge in [0.05, 0.1) is 0 Å². The molecule has 1 aromatic carbocycles. The molecule has 1 unspecified atom stereocenters. The summed E-state index contributed by atoms with van der Waals surface area (Å²) in [5.41, 5.74) is 8.95. The van der Waals surface area contributed by atoms with Crippen LogP contribution >= 0.6 is 11.6 Å². The van der Waals surface area contributed by atoms with Gasteiger partial charge in [0.2, 0.25) is 0 Å². The highest BCUT2D eigenvalue weighted by molar-refractivity contribution is 6.31. The Morgan fingerprint density at radius 2 is 2.10 bits per heavy atom. The smallest absolute Gasteiger partial charge is 0.0444 e. The molecule has 0 bridgehead atoms. The van der Waals surface area contributed by atoms with E-state index in [-0.39, 0.29) is 5.41 Å². The molecule has 3 rings (SSSR count). The van der Waals surface area contributed by atoms with Gasteiger partial charge in [0.1, 0.15) is 0 Å². The van der Waals surface area contributed by atoms with Crippen LogP contribution in [0.4, 0.5) is 0 Å². The standard InChI is InChI=1S/C17H25ClN2/c1-20-9-6-13(11-20)15-5-4-14(10-16(15)18)17(12-19)7-2-3-8-17/h4-5,10,13H,2-3,6-9,11-12,19H2,1H3. The molecule has 2 aliphatic rings. The van der Waals surface area contributed by atoms with Crippen molar-refractivity contribution in [2.45, 2.75) is 43.4 Å². The van der Waals surface area contributed by atoms with Gasteiger partial charge in [-0.2, -0.15) is 0 Å². The molecule has 3 heteroatoms. The minimum absolute atomic E-state index is 0.189.